The number of benzene rings is 2. The summed E-state index contributed by atoms with van der Waals surface area (Å²) < 4.78 is 5.17. The standard InChI is InChI=1S/C23H22N4O4S/c1-2-3-13-31-22(30)16-9-11-18(12-10-16)27-20(28)14-19(21(27)29)32-23(25-15-24)26-17-7-5-4-6-8-17/h4-12,19H,2-3,13-14H2,1H3,(H,25,26). The molecule has 2 amide bonds. The van der Waals surface area contributed by atoms with Crippen LogP contribution >= 0.6 is 11.8 Å². The van der Waals surface area contributed by atoms with Crippen LogP contribution in [-0.4, -0.2) is 34.8 Å². The van der Waals surface area contributed by atoms with Crippen molar-refractivity contribution in [1.82, 2.24) is 5.32 Å². The largest absolute Gasteiger partial charge is 0.462 e. The van der Waals surface area contributed by atoms with Crippen molar-refractivity contribution < 1.29 is 19.1 Å². The predicted molar refractivity (Wildman–Crippen MR) is 122 cm³/mol. The molecule has 8 nitrogen and oxygen atoms in total. The summed E-state index contributed by atoms with van der Waals surface area (Å²) >= 11 is 1.03. The average molecular weight is 451 g/mol. The lowest BCUT2D eigenvalue weighted by atomic mass is 10.2. The molecule has 1 aliphatic heterocycles. The molecule has 2 aromatic carbocycles. The summed E-state index contributed by atoms with van der Waals surface area (Å²) in [6.45, 7) is 2.35. The SMILES string of the molecule is CCCCOC(=O)c1ccc(N2C(=O)CC(SC(=Nc3ccccc3)NC#N)C2=O)cc1. The monoisotopic (exact) mass is 450 g/mol. The van der Waals surface area contributed by atoms with Crippen LogP contribution in [0.3, 0.4) is 0 Å². The topological polar surface area (TPSA) is 112 Å². The van der Waals surface area contributed by atoms with Crippen molar-refractivity contribution in [3.63, 3.8) is 0 Å². The van der Waals surface area contributed by atoms with E-state index in [4.69, 9.17) is 10.00 Å². The van der Waals surface area contributed by atoms with Crippen molar-refractivity contribution >= 4 is 46.1 Å². The van der Waals surface area contributed by atoms with Crippen molar-refractivity contribution in [1.29, 1.82) is 5.26 Å². The highest BCUT2D eigenvalue weighted by atomic mass is 32.2. The van der Waals surface area contributed by atoms with Gasteiger partial charge in [-0.1, -0.05) is 43.3 Å². The molecule has 0 radical (unpaired) electrons. The number of ether oxygens (including phenoxy) is 1. The van der Waals surface area contributed by atoms with Crippen LogP contribution in [0, 0.1) is 11.5 Å². The second-order valence-electron chi connectivity index (χ2n) is 6.90. The number of carbonyl (C=O) groups is 3. The zero-order chi connectivity index (χ0) is 22.9. The van der Waals surface area contributed by atoms with E-state index in [9.17, 15) is 14.4 Å². The lowest BCUT2D eigenvalue weighted by Crippen LogP contribution is -2.32. The number of nitrogens with one attached hydrogen (secondary N) is 1. The van der Waals surface area contributed by atoms with Crippen LogP contribution in [-0.2, 0) is 14.3 Å². The molecule has 0 bridgehead atoms. The summed E-state index contributed by atoms with van der Waals surface area (Å²) in [5, 5.41) is 11.0. The van der Waals surface area contributed by atoms with Gasteiger partial charge in [-0.05, 0) is 42.8 Å². The molecule has 9 heteroatoms. The first-order valence-corrected chi connectivity index (χ1v) is 11.0. The van der Waals surface area contributed by atoms with Crippen LogP contribution in [0.1, 0.15) is 36.5 Å². The number of amidine groups is 1. The number of amides is 2. The molecule has 32 heavy (non-hydrogen) atoms. The third kappa shape index (κ3) is 5.74. The van der Waals surface area contributed by atoms with Crippen molar-refractivity contribution in [2.75, 3.05) is 11.5 Å². The summed E-state index contributed by atoms with van der Waals surface area (Å²) in [6.07, 6.45) is 3.50. The molecule has 1 fully saturated rings. The highest BCUT2D eigenvalue weighted by Crippen LogP contribution is 2.31. The van der Waals surface area contributed by atoms with Crippen LogP contribution in [0.2, 0.25) is 0 Å². The number of para-hydroxylation sites is 1. The first-order chi connectivity index (χ1) is 15.5. The highest BCUT2D eigenvalue weighted by molar-refractivity contribution is 8.15. The second-order valence-corrected chi connectivity index (χ2v) is 8.10. The maximum Gasteiger partial charge on any atom is 0.338 e. The minimum absolute atomic E-state index is 0.0226. The number of aliphatic imine (C=N–C) groups is 1. The molecule has 0 spiro atoms. The van der Waals surface area contributed by atoms with Crippen molar-refractivity contribution in [2.45, 2.75) is 31.4 Å². The number of hydrogen-bond acceptors (Lipinski definition) is 7. The van der Waals surface area contributed by atoms with Crippen LogP contribution in [0.4, 0.5) is 11.4 Å². The molecule has 0 aromatic heterocycles. The van der Waals surface area contributed by atoms with Gasteiger partial charge in [0.15, 0.2) is 11.4 Å². The summed E-state index contributed by atoms with van der Waals surface area (Å²) in [5.41, 5.74) is 1.35. The Morgan fingerprint density at radius 1 is 1.22 bits per heavy atom. The summed E-state index contributed by atoms with van der Waals surface area (Å²) in [4.78, 5) is 43.0. The Kier molecular flexibility index (Phi) is 8.00. The smallest absolute Gasteiger partial charge is 0.338 e. The minimum atomic E-state index is -0.718. The molecule has 1 atom stereocenters. The van der Waals surface area contributed by atoms with E-state index in [0.717, 1.165) is 29.5 Å². The number of esters is 1. The number of hydrogen-bond donors (Lipinski definition) is 1. The molecule has 1 unspecified atom stereocenters. The van der Waals surface area contributed by atoms with E-state index >= 15 is 0 Å². The fourth-order valence-corrected chi connectivity index (χ4v) is 3.96. The van der Waals surface area contributed by atoms with Gasteiger partial charge < -0.3 is 4.74 Å². The fraction of sp³-hybridized carbons (Fsp3) is 0.261. The van der Waals surface area contributed by atoms with Crippen molar-refractivity contribution in [2.24, 2.45) is 4.99 Å². The minimum Gasteiger partial charge on any atom is -0.462 e. The van der Waals surface area contributed by atoms with E-state index in [1.165, 1.54) is 12.1 Å². The van der Waals surface area contributed by atoms with Gasteiger partial charge in [0.05, 0.1) is 23.5 Å². The van der Waals surface area contributed by atoms with Crippen LogP contribution in [0.25, 0.3) is 0 Å². The summed E-state index contributed by atoms with van der Waals surface area (Å²) in [5.74, 6) is -1.21. The third-order valence-electron chi connectivity index (χ3n) is 4.60. The molecule has 0 saturated carbocycles. The summed E-state index contributed by atoms with van der Waals surface area (Å²) in [7, 11) is 0. The van der Waals surface area contributed by atoms with Crippen molar-refractivity contribution in [3.05, 3.63) is 60.2 Å². The van der Waals surface area contributed by atoms with Gasteiger partial charge in [-0.2, -0.15) is 5.26 Å². The maximum atomic E-state index is 12.9. The normalized spacial score (nSPS) is 16.1. The molecule has 1 saturated heterocycles. The van der Waals surface area contributed by atoms with Crippen molar-refractivity contribution in [3.8, 4) is 6.19 Å². The first kappa shape index (κ1) is 23.0. The zero-order valence-corrected chi connectivity index (χ0v) is 18.3. The number of carbonyl (C=O) groups excluding carboxylic acids is 3. The highest BCUT2D eigenvalue weighted by Gasteiger charge is 2.40. The zero-order valence-electron chi connectivity index (χ0n) is 17.5. The van der Waals surface area contributed by atoms with Gasteiger partial charge in [0.2, 0.25) is 11.8 Å². The number of nitriles is 1. The number of thioether (sulfide) groups is 1. The first-order valence-electron chi connectivity index (χ1n) is 10.1. The molecule has 1 aliphatic rings. The molecule has 164 valence electrons. The van der Waals surface area contributed by atoms with Gasteiger partial charge in [0.1, 0.15) is 5.25 Å². The number of unbranched alkanes of at least 4 members (excludes halogenated alkanes) is 1. The Bertz CT molecular complexity index is 1050. The summed E-state index contributed by atoms with van der Waals surface area (Å²) in [6, 6.07) is 15.2. The predicted octanol–water partition coefficient (Wildman–Crippen LogP) is 3.77. The third-order valence-corrected chi connectivity index (χ3v) is 5.67. The quantitative estimate of drug-likeness (QED) is 0.130. The lowest BCUT2D eigenvalue weighted by Gasteiger charge is -2.15. The molecular formula is C23H22N4O4S. The van der Waals surface area contributed by atoms with Gasteiger partial charge in [0.25, 0.3) is 0 Å². The Hall–Kier alpha value is -3.64. The number of nitrogens with zero attached hydrogens (tertiary/aromatic N) is 3. The molecule has 2 aromatic rings. The Morgan fingerprint density at radius 3 is 2.59 bits per heavy atom. The van der Waals surface area contributed by atoms with Gasteiger partial charge in [-0.25, -0.2) is 14.7 Å². The Labute approximate surface area is 190 Å². The maximum absolute atomic E-state index is 12.9. The Morgan fingerprint density at radius 2 is 1.94 bits per heavy atom. The van der Waals surface area contributed by atoms with Gasteiger partial charge in [-0.15, -0.1) is 0 Å². The molecular weight excluding hydrogens is 428 g/mol. The second kappa shape index (κ2) is 11.1. The average Bonchev–Trinajstić information content (AvgIpc) is 3.07. The van der Waals surface area contributed by atoms with E-state index in [1.807, 2.05) is 31.3 Å². The van der Waals surface area contributed by atoms with Gasteiger partial charge in [0, 0.05) is 6.42 Å². The Balaban J connectivity index is 1.70. The van der Waals surface area contributed by atoms with Crippen LogP contribution in [0.15, 0.2) is 59.6 Å². The van der Waals surface area contributed by atoms with Crippen LogP contribution in [0.5, 0.6) is 0 Å². The van der Waals surface area contributed by atoms with Crippen LogP contribution < -0.4 is 10.2 Å². The molecule has 0 aliphatic carbocycles. The van der Waals surface area contributed by atoms with Gasteiger partial charge in [-0.3, -0.25) is 14.9 Å². The number of anilines is 1. The fourth-order valence-electron chi connectivity index (χ4n) is 2.99. The van der Waals surface area contributed by atoms with E-state index in [2.05, 4.69) is 10.3 Å². The molecule has 1 heterocycles. The van der Waals surface area contributed by atoms with E-state index < -0.39 is 17.1 Å². The number of rotatable bonds is 7. The van der Waals surface area contributed by atoms with Gasteiger partial charge >= 0.3 is 5.97 Å². The van der Waals surface area contributed by atoms with E-state index in [0.29, 0.717) is 23.5 Å². The lowest BCUT2D eigenvalue weighted by molar-refractivity contribution is -0.121. The van der Waals surface area contributed by atoms with E-state index in [-0.39, 0.29) is 17.5 Å². The van der Waals surface area contributed by atoms with E-state index in [1.54, 1.807) is 24.3 Å². The molecule has 1 N–H and O–H groups in total. The number of imide groups is 1. The molecule has 3 rings (SSSR count).